The molecule has 0 radical (unpaired) electrons. The zero-order valence-corrected chi connectivity index (χ0v) is 10.2. The van der Waals surface area contributed by atoms with Gasteiger partial charge in [-0.2, -0.15) is 0 Å². The van der Waals surface area contributed by atoms with Gasteiger partial charge in [0.1, 0.15) is 5.75 Å². The Labute approximate surface area is 95.1 Å². The Kier molecular flexibility index (Phi) is 3.56. The maximum atomic E-state index is 9.34. The fraction of sp³-hybridized carbons (Fsp3) is 0.455. The highest BCUT2D eigenvalue weighted by Crippen LogP contribution is 2.27. The lowest BCUT2D eigenvalue weighted by atomic mass is 9.91. The number of aromatic hydroxyl groups is 1. The summed E-state index contributed by atoms with van der Waals surface area (Å²) in [5.74, 6) is 0.375. The van der Waals surface area contributed by atoms with Crippen molar-refractivity contribution in [1.82, 2.24) is 5.32 Å². The molecule has 0 amide bonds. The van der Waals surface area contributed by atoms with Crippen LogP contribution < -0.4 is 5.32 Å². The zero-order chi connectivity index (χ0) is 9.42. The molecule has 0 fully saturated rings. The van der Waals surface area contributed by atoms with Crippen LogP contribution in [0.5, 0.6) is 5.75 Å². The number of benzene rings is 1. The van der Waals surface area contributed by atoms with Crippen LogP contribution in [0.4, 0.5) is 0 Å². The van der Waals surface area contributed by atoms with E-state index in [0.29, 0.717) is 17.8 Å². The molecule has 0 saturated heterocycles. The van der Waals surface area contributed by atoms with Crippen molar-refractivity contribution in [2.45, 2.75) is 32.4 Å². The van der Waals surface area contributed by atoms with Gasteiger partial charge in [0.05, 0.1) is 0 Å². The van der Waals surface area contributed by atoms with Gasteiger partial charge >= 0.3 is 0 Å². The first-order chi connectivity index (χ1) is 6.16. The van der Waals surface area contributed by atoms with Gasteiger partial charge in [-0.15, -0.1) is 17.0 Å². The summed E-state index contributed by atoms with van der Waals surface area (Å²) in [6.45, 7) is 4.33. The Hall–Kier alpha value is -0.540. The van der Waals surface area contributed by atoms with Crippen molar-refractivity contribution in [1.29, 1.82) is 0 Å². The second-order valence-corrected chi connectivity index (χ2v) is 3.88. The first-order valence-electron chi connectivity index (χ1n) is 4.74. The van der Waals surface area contributed by atoms with Crippen LogP contribution in [0.2, 0.25) is 0 Å². The van der Waals surface area contributed by atoms with E-state index in [1.807, 2.05) is 12.1 Å². The Morgan fingerprint density at radius 2 is 2.07 bits per heavy atom. The van der Waals surface area contributed by atoms with Gasteiger partial charge in [-0.25, -0.2) is 0 Å². The van der Waals surface area contributed by atoms with Gasteiger partial charge < -0.3 is 10.4 Å². The Morgan fingerprint density at radius 3 is 2.79 bits per heavy atom. The lowest BCUT2D eigenvalue weighted by molar-refractivity contribution is 0.438. The minimum absolute atomic E-state index is 0. The average Bonchev–Trinajstić information content (AvgIpc) is 2.02. The number of halogens is 1. The van der Waals surface area contributed by atoms with E-state index in [2.05, 4.69) is 19.2 Å². The molecule has 1 heterocycles. The van der Waals surface area contributed by atoms with Gasteiger partial charge in [-0.1, -0.05) is 6.07 Å². The molecule has 2 unspecified atom stereocenters. The topological polar surface area (TPSA) is 32.3 Å². The van der Waals surface area contributed by atoms with E-state index in [9.17, 15) is 5.11 Å². The molecule has 0 aliphatic carbocycles. The molecule has 0 spiro atoms. The van der Waals surface area contributed by atoms with E-state index in [1.165, 1.54) is 11.1 Å². The SMILES string of the molecule is Br.CC1Cc2cc(O)ccc2C(C)N1. The molecular formula is C11H16BrNO. The summed E-state index contributed by atoms with van der Waals surface area (Å²) in [7, 11) is 0. The summed E-state index contributed by atoms with van der Waals surface area (Å²) in [4.78, 5) is 0. The minimum Gasteiger partial charge on any atom is -0.508 e. The number of phenolic OH excluding ortho intramolecular Hbond substituents is 1. The van der Waals surface area contributed by atoms with Crippen LogP contribution in [-0.4, -0.2) is 11.1 Å². The van der Waals surface area contributed by atoms with Crippen LogP contribution in [-0.2, 0) is 6.42 Å². The fourth-order valence-corrected chi connectivity index (χ4v) is 2.10. The van der Waals surface area contributed by atoms with E-state index in [0.717, 1.165) is 6.42 Å². The Balaban J connectivity index is 0.000000980. The number of hydrogen-bond donors (Lipinski definition) is 2. The zero-order valence-electron chi connectivity index (χ0n) is 8.45. The molecule has 1 aliphatic heterocycles. The number of rotatable bonds is 0. The van der Waals surface area contributed by atoms with E-state index >= 15 is 0 Å². The normalized spacial score (nSPS) is 25.0. The molecule has 0 saturated carbocycles. The maximum Gasteiger partial charge on any atom is 0.115 e. The summed E-state index contributed by atoms with van der Waals surface area (Å²) < 4.78 is 0. The largest absolute Gasteiger partial charge is 0.508 e. The predicted molar refractivity (Wildman–Crippen MR) is 63.1 cm³/mol. The average molecular weight is 258 g/mol. The number of phenols is 1. The highest BCUT2D eigenvalue weighted by Gasteiger charge is 2.20. The van der Waals surface area contributed by atoms with Crippen molar-refractivity contribution < 1.29 is 5.11 Å². The van der Waals surface area contributed by atoms with Gasteiger partial charge in [0.15, 0.2) is 0 Å². The standard InChI is InChI=1S/C11H15NO.BrH/c1-7-5-9-6-10(13)3-4-11(9)8(2)12-7;/h3-4,6-8,12-13H,5H2,1-2H3;1H. The highest BCUT2D eigenvalue weighted by atomic mass is 79.9. The van der Waals surface area contributed by atoms with Crippen LogP contribution in [0.1, 0.15) is 31.0 Å². The first-order valence-corrected chi connectivity index (χ1v) is 4.74. The molecule has 0 aromatic heterocycles. The predicted octanol–water partition coefficient (Wildman–Crippen LogP) is 2.57. The maximum absolute atomic E-state index is 9.34. The first kappa shape index (κ1) is 11.5. The summed E-state index contributed by atoms with van der Waals surface area (Å²) >= 11 is 0. The number of fused-ring (bicyclic) bond motifs is 1. The summed E-state index contributed by atoms with van der Waals surface area (Å²) in [6.07, 6.45) is 1.01. The van der Waals surface area contributed by atoms with E-state index in [4.69, 9.17) is 0 Å². The van der Waals surface area contributed by atoms with Crippen molar-refractivity contribution in [2.24, 2.45) is 0 Å². The van der Waals surface area contributed by atoms with E-state index in [-0.39, 0.29) is 17.0 Å². The summed E-state index contributed by atoms with van der Waals surface area (Å²) in [5, 5.41) is 12.8. The van der Waals surface area contributed by atoms with Crippen molar-refractivity contribution >= 4 is 17.0 Å². The molecule has 1 aromatic carbocycles. The summed E-state index contributed by atoms with van der Waals surface area (Å²) in [5.41, 5.74) is 2.59. The molecular weight excluding hydrogens is 242 g/mol. The molecule has 2 nitrogen and oxygen atoms in total. The third-order valence-corrected chi connectivity index (χ3v) is 2.65. The number of hydrogen-bond acceptors (Lipinski definition) is 2. The van der Waals surface area contributed by atoms with Crippen LogP contribution in [0, 0.1) is 0 Å². The van der Waals surface area contributed by atoms with E-state index < -0.39 is 0 Å². The highest BCUT2D eigenvalue weighted by molar-refractivity contribution is 8.93. The van der Waals surface area contributed by atoms with Crippen LogP contribution in [0.15, 0.2) is 18.2 Å². The third kappa shape index (κ3) is 2.10. The molecule has 1 aliphatic rings. The van der Waals surface area contributed by atoms with Crippen molar-refractivity contribution in [3.63, 3.8) is 0 Å². The smallest absolute Gasteiger partial charge is 0.115 e. The van der Waals surface area contributed by atoms with Crippen LogP contribution in [0.3, 0.4) is 0 Å². The second-order valence-electron chi connectivity index (χ2n) is 3.88. The fourth-order valence-electron chi connectivity index (χ4n) is 2.10. The van der Waals surface area contributed by atoms with Crippen molar-refractivity contribution in [3.05, 3.63) is 29.3 Å². The molecule has 14 heavy (non-hydrogen) atoms. The molecule has 2 rings (SSSR count). The second kappa shape index (κ2) is 4.32. The molecule has 1 aromatic rings. The quantitative estimate of drug-likeness (QED) is 0.749. The van der Waals surface area contributed by atoms with Crippen molar-refractivity contribution in [2.75, 3.05) is 0 Å². The molecule has 78 valence electrons. The molecule has 0 bridgehead atoms. The lowest BCUT2D eigenvalue weighted by Gasteiger charge is -2.29. The van der Waals surface area contributed by atoms with Crippen molar-refractivity contribution in [3.8, 4) is 5.75 Å². The summed E-state index contributed by atoms with van der Waals surface area (Å²) in [6, 6.07) is 6.55. The lowest BCUT2D eigenvalue weighted by Crippen LogP contribution is -2.35. The van der Waals surface area contributed by atoms with Gasteiger partial charge in [0, 0.05) is 12.1 Å². The van der Waals surface area contributed by atoms with Gasteiger partial charge in [0.25, 0.3) is 0 Å². The molecule has 2 N–H and O–H groups in total. The van der Waals surface area contributed by atoms with Gasteiger partial charge in [-0.3, -0.25) is 0 Å². The van der Waals surface area contributed by atoms with Crippen LogP contribution in [0.25, 0.3) is 0 Å². The minimum atomic E-state index is 0. The Bertz CT molecular complexity index is 327. The number of nitrogens with one attached hydrogen (secondary N) is 1. The monoisotopic (exact) mass is 257 g/mol. The van der Waals surface area contributed by atoms with Gasteiger partial charge in [0.2, 0.25) is 0 Å². The van der Waals surface area contributed by atoms with Crippen LogP contribution >= 0.6 is 17.0 Å². The molecule has 3 heteroatoms. The molecule has 2 atom stereocenters. The van der Waals surface area contributed by atoms with Gasteiger partial charge in [-0.05, 0) is 43.5 Å². The Morgan fingerprint density at radius 1 is 1.36 bits per heavy atom. The third-order valence-electron chi connectivity index (χ3n) is 2.65. The van der Waals surface area contributed by atoms with E-state index in [1.54, 1.807) is 6.07 Å².